The Hall–Kier alpha value is -1.82. The Morgan fingerprint density at radius 2 is 2.33 bits per heavy atom. The predicted octanol–water partition coefficient (Wildman–Crippen LogP) is 3.16. The average Bonchev–Trinajstić information content (AvgIpc) is 2.76. The molecule has 18 heavy (non-hydrogen) atoms. The third-order valence-electron chi connectivity index (χ3n) is 2.39. The first-order valence-corrected chi connectivity index (χ1v) is 6.13. The van der Waals surface area contributed by atoms with Crippen LogP contribution in [0.25, 0.3) is 0 Å². The number of carbonyl (C=O) groups is 1. The van der Waals surface area contributed by atoms with Crippen molar-refractivity contribution in [1.82, 2.24) is 9.55 Å². The highest BCUT2D eigenvalue weighted by molar-refractivity contribution is 9.10. The summed E-state index contributed by atoms with van der Waals surface area (Å²) < 4.78 is 8.09. The van der Waals surface area contributed by atoms with Crippen molar-refractivity contribution in [3.63, 3.8) is 0 Å². The first-order valence-electron chi connectivity index (χ1n) is 5.33. The molecule has 0 aliphatic carbocycles. The van der Waals surface area contributed by atoms with E-state index in [4.69, 9.17) is 9.84 Å². The molecule has 1 N–H and O–H groups in total. The van der Waals surface area contributed by atoms with E-state index < -0.39 is 5.97 Å². The first kappa shape index (κ1) is 12.6. The lowest BCUT2D eigenvalue weighted by molar-refractivity contribution is 0.0694. The topological polar surface area (TPSA) is 64.4 Å². The number of carboxylic acid groups (broad SMARTS) is 1. The van der Waals surface area contributed by atoms with Crippen LogP contribution in [0.3, 0.4) is 0 Å². The number of hydrogen-bond donors (Lipinski definition) is 1. The highest BCUT2D eigenvalue weighted by Crippen LogP contribution is 2.27. The number of nitrogens with zero attached hydrogens (tertiary/aromatic N) is 2. The summed E-state index contributed by atoms with van der Waals surface area (Å²) in [6.45, 7) is 2.65. The van der Waals surface area contributed by atoms with Gasteiger partial charge in [0.2, 0.25) is 0 Å². The fourth-order valence-electron chi connectivity index (χ4n) is 1.50. The van der Waals surface area contributed by atoms with Gasteiger partial charge in [0.15, 0.2) is 0 Å². The van der Waals surface area contributed by atoms with E-state index >= 15 is 0 Å². The number of hydrogen-bond acceptors (Lipinski definition) is 3. The summed E-state index contributed by atoms with van der Waals surface area (Å²) in [6.07, 6.45) is 3.38. The van der Waals surface area contributed by atoms with Gasteiger partial charge in [0.25, 0.3) is 0 Å². The van der Waals surface area contributed by atoms with Gasteiger partial charge in [-0.25, -0.2) is 9.78 Å². The predicted molar refractivity (Wildman–Crippen MR) is 69.1 cm³/mol. The molecule has 1 aromatic carbocycles. The van der Waals surface area contributed by atoms with Crippen molar-refractivity contribution in [1.29, 1.82) is 0 Å². The number of ether oxygens (including phenoxy) is 1. The Morgan fingerprint density at radius 3 is 3.00 bits per heavy atom. The molecule has 94 valence electrons. The van der Waals surface area contributed by atoms with Crippen LogP contribution in [0.5, 0.6) is 11.8 Å². The minimum absolute atomic E-state index is 0.101. The second kappa shape index (κ2) is 5.22. The molecule has 1 heterocycles. The summed E-state index contributed by atoms with van der Waals surface area (Å²) in [5.41, 5.74) is 0.101. The van der Waals surface area contributed by atoms with Crippen LogP contribution in [-0.2, 0) is 6.54 Å². The molecule has 2 aromatic rings. The van der Waals surface area contributed by atoms with Gasteiger partial charge in [-0.15, -0.1) is 0 Å². The Labute approximate surface area is 112 Å². The van der Waals surface area contributed by atoms with Gasteiger partial charge >= 0.3 is 12.0 Å². The molecule has 0 fully saturated rings. The largest absolute Gasteiger partial charge is 0.478 e. The van der Waals surface area contributed by atoms with Gasteiger partial charge in [0.1, 0.15) is 11.3 Å². The van der Waals surface area contributed by atoms with Gasteiger partial charge in [-0.05, 0) is 25.1 Å². The van der Waals surface area contributed by atoms with Crippen molar-refractivity contribution in [3.8, 4) is 11.8 Å². The summed E-state index contributed by atoms with van der Waals surface area (Å²) >= 11 is 3.28. The Kier molecular flexibility index (Phi) is 3.66. The smallest absolute Gasteiger partial charge is 0.339 e. The van der Waals surface area contributed by atoms with Crippen LogP contribution in [0.15, 0.2) is 35.1 Å². The quantitative estimate of drug-likeness (QED) is 0.942. The van der Waals surface area contributed by atoms with E-state index in [0.717, 1.165) is 4.47 Å². The number of halogens is 1. The molecule has 0 aliphatic heterocycles. The molecule has 0 aliphatic rings. The van der Waals surface area contributed by atoms with Gasteiger partial charge in [0, 0.05) is 23.4 Å². The molecular formula is C12H11BrN2O3. The standard InChI is InChI=1S/C12H11BrN2O3/c1-2-15-6-5-14-12(15)18-10-7-8(13)3-4-9(10)11(16)17/h3-7H,2H2,1H3,(H,16,17). The van der Waals surface area contributed by atoms with Crippen molar-refractivity contribution in [2.45, 2.75) is 13.5 Å². The molecule has 1 aromatic heterocycles. The molecule has 0 spiro atoms. The molecule has 2 rings (SSSR count). The Morgan fingerprint density at radius 1 is 1.56 bits per heavy atom. The van der Waals surface area contributed by atoms with Crippen LogP contribution in [0.1, 0.15) is 17.3 Å². The zero-order valence-corrected chi connectivity index (χ0v) is 11.2. The molecule has 5 nitrogen and oxygen atoms in total. The number of benzene rings is 1. The molecular weight excluding hydrogens is 300 g/mol. The fraction of sp³-hybridized carbons (Fsp3) is 0.167. The van der Waals surface area contributed by atoms with Crippen LogP contribution < -0.4 is 4.74 Å². The van der Waals surface area contributed by atoms with Crippen LogP contribution in [0.4, 0.5) is 0 Å². The monoisotopic (exact) mass is 310 g/mol. The zero-order valence-electron chi connectivity index (χ0n) is 9.63. The number of aromatic carboxylic acids is 1. The lowest BCUT2D eigenvalue weighted by atomic mass is 10.2. The zero-order chi connectivity index (χ0) is 13.1. The first-order chi connectivity index (χ1) is 8.61. The van der Waals surface area contributed by atoms with Crippen molar-refractivity contribution >= 4 is 21.9 Å². The van der Waals surface area contributed by atoms with E-state index in [1.54, 1.807) is 29.1 Å². The molecule has 0 radical (unpaired) electrons. The molecule has 0 saturated heterocycles. The highest BCUT2D eigenvalue weighted by atomic mass is 79.9. The molecule has 0 saturated carbocycles. The van der Waals surface area contributed by atoms with E-state index in [-0.39, 0.29) is 11.3 Å². The lowest BCUT2D eigenvalue weighted by Gasteiger charge is -2.09. The van der Waals surface area contributed by atoms with E-state index in [1.807, 2.05) is 6.92 Å². The number of aromatic nitrogens is 2. The van der Waals surface area contributed by atoms with Gasteiger partial charge in [0.05, 0.1) is 0 Å². The maximum absolute atomic E-state index is 11.1. The Balaban J connectivity index is 2.39. The molecule has 0 amide bonds. The fourth-order valence-corrected chi connectivity index (χ4v) is 1.84. The van der Waals surface area contributed by atoms with Crippen molar-refractivity contribution in [2.75, 3.05) is 0 Å². The van der Waals surface area contributed by atoms with E-state index in [9.17, 15) is 4.79 Å². The second-order valence-electron chi connectivity index (χ2n) is 3.54. The van der Waals surface area contributed by atoms with Crippen molar-refractivity contribution in [2.24, 2.45) is 0 Å². The van der Waals surface area contributed by atoms with Gasteiger partial charge in [-0.2, -0.15) is 0 Å². The van der Waals surface area contributed by atoms with Crippen molar-refractivity contribution < 1.29 is 14.6 Å². The van der Waals surface area contributed by atoms with Crippen LogP contribution in [-0.4, -0.2) is 20.6 Å². The lowest BCUT2D eigenvalue weighted by Crippen LogP contribution is -2.03. The normalized spacial score (nSPS) is 10.3. The summed E-state index contributed by atoms with van der Waals surface area (Å²) in [7, 11) is 0. The summed E-state index contributed by atoms with van der Waals surface area (Å²) in [4.78, 5) is 15.1. The maximum atomic E-state index is 11.1. The minimum Gasteiger partial charge on any atom is -0.478 e. The second-order valence-corrected chi connectivity index (χ2v) is 4.46. The highest BCUT2D eigenvalue weighted by Gasteiger charge is 2.14. The van der Waals surface area contributed by atoms with Gasteiger partial charge in [-0.3, -0.25) is 0 Å². The van der Waals surface area contributed by atoms with E-state index in [2.05, 4.69) is 20.9 Å². The third-order valence-corrected chi connectivity index (χ3v) is 2.89. The van der Waals surface area contributed by atoms with Crippen LogP contribution in [0, 0.1) is 0 Å². The van der Waals surface area contributed by atoms with Gasteiger partial charge in [-0.1, -0.05) is 15.9 Å². The summed E-state index contributed by atoms with van der Waals surface area (Å²) in [6, 6.07) is 5.12. The molecule has 0 bridgehead atoms. The number of carboxylic acids is 1. The minimum atomic E-state index is -1.04. The molecule has 0 unspecified atom stereocenters. The average molecular weight is 311 g/mol. The number of imidazole rings is 1. The van der Waals surface area contributed by atoms with Gasteiger partial charge < -0.3 is 14.4 Å². The molecule has 0 atom stereocenters. The molecule has 6 heteroatoms. The maximum Gasteiger partial charge on any atom is 0.339 e. The SMILES string of the molecule is CCn1ccnc1Oc1cc(Br)ccc1C(=O)O. The third kappa shape index (κ3) is 2.53. The van der Waals surface area contributed by atoms with E-state index in [1.165, 1.54) is 6.07 Å². The summed E-state index contributed by atoms with van der Waals surface area (Å²) in [5, 5.41) is 9.09. The van der Waals surface area contributed by atoms with Crippen LogP contribution >= 0.6 is 15.9 Å². The Bertz CT molecular complexity index is 580. The number of aryl methyl sites for hydroxylation is 1. The van der Waals surface area contributed by atoms with Crippen molar-refractivity contribution in [3.05, 3.63) is 40.6 Å². The number of rotatable bonds is 4. The van der Waals surface area contributed by atoms with Crippen LogP contribution in [0.2, 0.25) is 0 Å². The van der Waals surface area contributed by atoms with E-state index in [0.29, 0.717) is 12.6 Å². The summed E-state index contributed by atoms with van der Waals surface area (Å²) in [5.74, 6) is -0.773.